The number of benzene rings is 1. The molecule has 1 aromatic rings. The molecule has 2 aliphatic rings. The summed E-state index contributed by atoms with van der Waals surface area (Å²) >= 11 is 0. The van der Waals surface area contributed by atoms with E-state index in [-0.39, 0.29) is 25.0 Å². The van der Waals surface area contributed by atoms with Crippen molar-refractivity contribution in [1.29, 1.82) is 0 Å². The van der Waals surface area contributed by atoms with Crippen molar-refractivity contribution >= 4 is 17.7 Å². The summed E-state index contributed by atoms with van der Waals surface area (Å²) in [5, 5.41) is 11.7. The number of nitrogens with zero attached hydrogens (tertiary/aromatic N) is 1. The molecule has 0 aromatic heterocycles. The van der Waals surface area contributed by atoms with E-state index in [9.17, 15) is 14.4 Å². The maximum atomic E-state index is 13.1. The second-order valence-electron chi connectivity index (χ2n) is 7.67. The Kier molecular flexibility index (Phi) is 7.51. The zero-order valence-corrected chi connectivity index (χ0v) is 17.2. The van der Waals surface area contributed by atoms with Gasteiger partial charge in [-0.3, -0.25) is 19.6 Å². The van der Waals surface area contributed by atoms with Crippen LogP contribution in [0.4, 0.5) is 0 Å². The van der Waals surface area contributed by atoms with Crippen LogP contribution in [0.5, 0.6) is 11.5 Å². The molecule has 2 atom stereocenters. The predicted octanol–water partition coefficient (Wildman–Crippen LogP) is 1.72. The molecule has 9 heteroatoms. The van der Waals surface area contributed by atoms with Crippen LogP contribution in [0.1, 0.15) is 51.0 Å². The third kappa shape index (κ3) is 5.21. The monoisotopic (exact) mass is 419 g/mol. The van der Waals surface area contributed by atoms with Crippen LogP contribution in [0.2, 0.25) is 0 Å². The Morgan fingerprint density at radius 2 is 2.07 bits per heavy atom. The average molecular weight is 419 g/mol. The van der Waals surface area contributed by atoms with E-state index in [1.807, 2.05) is 19.1 Å². The van der Waals surface area contributed by atoms with Crippen molar-refractivity contribution in [3.05, 3.63) is 23.8 Å². The minimum Gasteiger partial charge on any atom is -0.454 e. The molecule has 0 radical (unpaired) electrons. The predicted molar refractivity (Wildman–Crippen MR) is 107 cm³/mol. The van der Waals surface area contributed by atoms with Crippen molar-refractivity contribution in [1.82, 2.24) is 15.7 Å². The lowest BCUT2D eigenvalue weighted by Gasteiger charge is -2.28. The number of hydrogen-bond acceptors (Lipinski definition) is 6. The number of likely N-dealkylation sites (tertiary alicyclic amines) is 1. The summed E-state index contributed by atoms with van der Waals surface area (Å²) in [6.45, 7) is 3.01. The summed E-state index contributed by atoms with van der Waals surface area (Å²) in [5.41, 5.74) is 2.48. The molecule has 2 aliphatic heterocycles. The van der Waals surface area contributed by atoms with E-state index in [0.717, 1.165) is 24.8 Å². The molecular weight excluding hydrogens is 390 g/mol. The second kappa shape index (κ2) is 10.3. The minimum atomic E-state index is -0.590. The van der Waals surface area contributed by atoms with Crippen LogP contribution in [0.3, 0.4) is 0 Å². The molecule has 0 saturated carbocycles. The van der Waals surface area contributed by atoms with Gasteiger partial charge in [0.15, 0.2) is 11.5 Å². The van der Waals surface area contributed by atoms with Crippen molar-refractivity contribution in [2.75, 3.05) is 13.3 Å². The molecule has 1 saturated heterocycles. The summed E-state index contributed by atoms with van der Waals surface area (Å²) in [6.07, 6.45) is 3.47. The molecule has 2 heterocycles. The summed E-state index contributed by atoms with van der Waals surface area (Å²) < 4.78 is 10.6. The number of nitrogens with one attached hydrogen (secondary N) is 2. The SMILES string of the molecule is CCCC[C@H](CC(=O)NO)C(=O)N1CCC[C@H]1C(=O)NCc1ccc2c(c1)OCO2. The molecule has 0 unspecified atom stereocenters. The number of hydroxylamine groups is 1. The molecule has 3 N–H and O–H groups in total. The van der Waals surface area contributed by atoms with E-state index >= 15 is 0 Å². The van der Waals surface area contributed by atoms with Crippen LogP contribution < -0.4 is 20.3 Å². The zero-order chi connectivity index (χ0) is 21.5. The number of carbonyl (C=O) groups excluding carboxylic acids is 3. The van der Waals surface area contributed by atoms with E-state index in [4.69, 9.17) is 14.7 Å². The van der Waals surface area contributed by atoms with E-state index in [1.54, 1.807) is 16.4 Å². The smallest absolute Gasteiger partial charge is 0.244 e. The van der Waals surface area contributed by atoms with Gasteiger partial charge in [0.05, 0.1) is 0 Å². The zero-order valence-electron chi connectivity index (χ0n) is 17.2. The summed E-state index contributed by atoms with van der Waals surface area (Å²) in [6, 6.07) is 4.95. The first kappa shape index (κ1) is 21.9. The molecular formula is C21H29N3O6. The fraction of sp³-hybridized carbons (Fsp3) is 0.571. The van der Waals surface area contributed by atoms with Gasteiger partial charge in [0.25, 0.3) is 0 Å². The highest BCUT2D eigenvalue weighted by Crippen LogP contribution is 2.32. The van der Waals surface area contributed by atoms with Gasteiger partial charge < -0.3 is 19.7 Å². The molecule has 0 spiro atoms. The van der Waals surface area contributed by atoms with Crippen LogP contribution in [0, 0.1) is 5.92 Å². The highest BCUT2D eigenvalue weighted by atomic mass is 16.7. The normalized spacial score (nSPS) is 18.2. The van der Waals surface area contributed by atoms with E-state index in [0.29, 0.717) is 37.4 Å². The molecule has 164 valence electrons. The van der Waals surface area contributed by atoms with E-state index in [1.165, 1.54) is 0 Å². The minimum absolute atomic E-state index is 0.0859. The Bertz CT molecular complexity index is 784. The van der Waals surface area contributed by atoms with E-state index in [2.05, 4.69) is 5.32 Å². The maximum Gasteiger partial charge on any atom is 0.244 e. The lowest BCUT2D eigenvalue weighted by Crippen LogP contribution is -2.48. The first-order chi connectivity index (χ1) is 14.5. The molecule has 3 rings (SSSR count). The molecule has 30 heavy (non-hydrogen) atoms. The van der Waals surface area contributed by atoms with Crippen molar-refractivity contribution < 1.29 is 29.1 Å². The Labute approximate surface area is 175 Å². The third-order valence-corrected chi connectivity index (χ3v) is 5.55. The number of unbranched alkanes of at least 4 members (excludes halogenated alkanes) is 1. The van der Waals surface area contributed by atoms with Gasteiger partial charge in [0.2, 0.25) is 24.5 Å². The Balaban J connectivity index is 1.60. The second-order valence-corrected chi connectivity index (χ2v) is 7.67. The van der Waals surface area contributed by atoms with Crippen LogP contribution in [-0.4, -0.2) is 47.2 Å². The average Bonchev–Trinajstić information content (AvgIpc) is 3.43. The summed E-state index contributed by atoms with van der Waals surface area (Å²) in [7, 11) is 0. The van der Waals surface area contributed by atoms with Crippen molar-refractivity contribution in [3.63, 3.8) is 0 Å². The fourth-order valence-corrected chi connectivity index (χ4v) is 3.93. The Morgan fingerprint density at radius 3 is 2.83 bits per heavy atom. The van der Waals surface area contributed by atoms with Gasteiger partial charge in [0, 0.05) is 25.4 Å². The highest BCUT2D eigenvalue weighted by molar-refractivity contribution is 5.91. The Morgan fingerprint density at radius 1 is 1.27 bits per heavy atom. The summed E-state index contributed by atoms with van der Waals surface area (Å²) in [5.74, 6) is -0.206. The van der Waals surface area contributed by atoms with Crippen molar-refractivity contribution in [2.45, 2.75) is 58.0 Å². The van der Waals surface area contributed by atoms with Crippen LogP contribution in [0.15, 0.2) is 18.2 Å². The molecule has 0 aliphatic carbocycles. The molecule has 3 amide bonds. The Hall–Kier alpha value is -2.81. The van der Waals surface area contributed by atoms with Crippen LogP contribution in [-0.2, 0) is 20.9 Å². The molecule has 1 fully saturated rings. The van der Waals surface area contributed by atoms with Gasteiger partial charge in [-0.15, -0.1) is 0 Å². The fourth-order valence-electron chi connectivity index (χ4n) is 3.93. The number of fused-ring (bicyclic) bond motifs is 1. The first-order valence-corrected chi connectivity index (χ1v) is 10.4. The van der Waals surface area contributed by atoms with Crippen LogP contribution >= 0.6 is 0 Å². The number of carbonyl (C=O) groups is 3. The third-order valence-electron chi connectivity index (χ3n) is 5.55. The van der Waals surface area contributed by atoms with Crippen molar-refractivity contribution in [2.24, 2.45) is 5.92 Å². The first-order valence-electron chi connectivity index (χ1n) is 10.4. The molecule has 0 bridgehead atoms. The van der Waals surface area contributed by atoms with Gasteiger partial charge in [-0.05, 0) is 37.0 Å². The van der Waals surface area contributed by atoms with Gasteiger partial charge in [0.1, 0.15) is 6.04 Å². The largest absolute Gasteiger partial charge is 0.454 e. The highest BCUT2D eigenvalue weighted by Gasteiger charge is 2.37. The topological polar surface area (TPSA) is 117 Å². The number of ether oxygens (including phenoxy) is 2. The molecule has 1 aromatic carbocycles. The lowest BCUT2D eigenvalue weighted by molar-refractivity contribution is -0.144. The van der Waals surface area contributed by atoms with Gasteiger partial charge in [-0.25, -0.2) is 5.48 Å². The summed E-state index contributed by atoms with van der Waals surface area (Å²) in [4.78, 5) is 39.1. The number of amides is 3. The van der Waals surface area contributed by atoms with E-state index < -0.39 is 17.9 Å². The molecule has 9 nitrogen and oxygen atoms in total. The van der Waals surface area contributed by atoms with Crippen LogP contribution in [0.25, 0.3) is 0 Å². The quantitative estimate of drug-likeness (QED) is 0.415. The standard InChI is InChI=1S/C21H29N3O6/c1-2-3-5-15(11-19(25)23-28)21(27)24-9-4-6-16(24)20(26)22-12-14-7-8-17-18(10-14)30-13-29-17/h7-8,10,15-16,28H,2-6,9,11-13H2,1H3,(H,22,26)(H,23,25)/t15-,16+/m1/s1. The van der Waals surface area contributed by atoms with Gasteiger partial charge in [-0.1, -0.05) is 25.8 Å². The number of rotatable bonds is 9. The van der Waals surface area contributed by atoms with Crippen molar-refractivity contribution in [3.8, 4) is 11.5 Å². The lowest BCUT2D eigenvalue weighted by atomic mass is 9.96. The number of hydrogen-bond donors (Lipinski definition) is 3. The maximum absolute atomic E-state index is 13.1. The van der Waals surface area contributed by atoms with Gasteiger partial charge in [-0.2, -0.15) is 0 Å². The van der Waals surface area contributed by atoms with Gasteiger partial charge >= 0.3 is 0 Å².